The first-order valence-electron chi connectivity index (χ1n) is 6.98. The molecule has 21 heavy (non-hydrogen) atoms. The van der Waals surface area contributed by atoms with Crippen molar-refractivity contribution < 1.29 is 9.47 Å². The molecule has 0 spiro atoms. The van der Waals surface area contributed by atoms with Crippen LogP contribution in [0.25, 0.3) is 0 Å². The van der Waals surface area contributed by atoms with Gasteiger partial charge in [0.15, 0.2) is 11.5 Å². The Labute approximate surface area is 130 Å². The zero-order valence-electron chi connectivity index (χ0n) is 12.4. The van der Waals surface area contributed by atoms with Crippen molar-refractivity contribution in [3.05, 3.63) is 58.6 Å². The Hall–Kier alpha value is -1.71. The van der Waals surface area contributed by atoms with Gasteiger partial charge in [-0.25, -0.2) is 0 Å². The van der Waals surface area contributed by atoms with Crippen LogP contribution in [0.4, 0.5) is 0 Å². The maximum Gasteiger partial charge on any atom is 0.163 e. The summed E-state index contributed by atoms with van der Waals surface area (Å²) in [5.41, 5.74) is 2.11. The number of halogens is 1. The van der Waals surface area contributed by atoms with Gasteiger partial charge in [0.2, 0.25) is 0 Å². The molecule has 0 aliphatic rings. The van der Waals surface area contributed by atoms with Crippen LogP contribution in [0, 0.1) is 0 Å². The molecule has 0 saturated heterocycles. The molecule has 0 fully saturated rings. The standard InChI is InChI=1S/C17H20ClNO2/c1-3-19-11-14-9-16(20-2)17(10-15(14)18)21-12-13-7-5-4-6-8-13/h4-10,19H,3,11-12H2,1-2H3. The molecule has 0 radical (unpaired) electrons. The van der Waals surface area contributed by atoms with E-state index in [1.807, 2.05) is 42.5 Å². The summed E-state index contributed by atoms with van der Waals surface area (Å²) in [5, 5.41) is 3.93. The third-order valence-electron chi connectivity index (χ3n) is 3.14. The summed E-state index contributed by atoms with van der Waals surface area (Å²) in [6, 6.07) is 13.7. The highest BCUT2D eigenvalue weighted by atomic mass is 35.5. The first-order chi connectivity index (χ1) is 10.2. The summed E-state index contributed by atoms with van der Waals surface area (Å²) < 4.78 is 11.2. The summed E-state index contributed by atoms with van der Waals surface area (Å²) in [6.45, 7) is 4.15. The minimum Gasteiger partial charge on any atom is -0.493 e. The Kier molecular flexibility index (Phi) is 5.90. The van der Waals surface area contributed by atoms with E-state index in [0.29, 0.717) is 29.7 Å². The van der Waals surface area contributed by atoms with Crippen molar-refractivity contribution in [1.29, 1.82) is 0 Å². The summed E-state index contributed by atoms with van der Waals surface area (Å²) in [4.78, 5) is 0. The van der Waals surface area contributed by atoms with Gasteiger partial charge in [-0.3, -0.25) is 0 Å². The molecule has 1 N–H and O–H groups in total. The molecule has 0 unspecified atom stereocenters. The summed E-state index contributed by atoms with van der Waals surface area (Å²) in [7, 11) is 1.63. The number of ether oxygens (including phenoxy) is 2. The van der Waals surface area contributed by atoms with Crippen molar-refractivity contribution >= 4 is 11.6 Å². The van der Waals surface area contributed by atoms with Crippen molar-refractivity contribution in [3.8, 4) is 11.5 Å². The summed E-state index contributed by atoms with van der Waals surface area (Å²) >= 11 is 6.30. The van der Waals surface area contributed by atoms with Crippen LogP contribution in [0.3, 0.4) is 0 Å². The average molecular weight is 306 g/mol. The molecule has 2 rings (SSSR count). The third-order valence-corrected chi connectivity index (χ3v) is 3.49. The van der Waals surface area contributed by atoms with Gasteiger partial charge in [0.25, 0.3) is 0 Å². The van der Waals surface area contributed by atoms with E-state index in [4.69, 9.17) is 21.1 Å². The van der Waals surface area contributed by atoms with Crippen LogP contribution < -0.4 is 14.8 Å². The zero-order valence-corrected chi connectivity index (χ0v) is 13.1. The lowest BCUT2D eigenvalue weighted by atomic mass is 10.2. The van der Waals surface area contributed by atoms with Gasteiger partial charge in [-0.1, -0.05) is 48.9 Å². The van der Waals surface area contributed by atoms with Crippen LogP contribution in [0.15, 0.2) is 42.5 Å². The van der Waals surface area contributed by atoms with E-state index >= 15 is 0 Å². The molecule has 2 aromatic rings. The number of hydrogen-bond donors (Lipinski definition) is 1. The van der Waals surface area contributed by atoms with Gasteiger partial charge in [0, 0.05) is 17.6 Å². The number of benzene rings is 2. The normalized spacial score (nSPS) is 10.4. The van der Waals surface area contributed by atoms with Crippen LogP contribution in [0.1, 0.15) is 18.1 Å². The highest BCUT2D eigenvalue weighted by Crippen LogP contribution is 2.33. The van der Waals surface area contributed by atoms with E-state index in [1.165, 1.54) is 0 Å². The number of nitrogens with one attached hydrogen (secondary N) is 1. The fourth-order valence-electron chi connectivity index (χ4n) is 1.98. The van der Waals surface area contributed by atoms with Crippen molar-refractivity contribution in [2.45, 2.75) is 20.1 Å². The molecule has 0 heterocycles. The van der Waals surface area contributed by atoms with E-state index in [1.54, 1.807) is 7.11 Å². The van der Waals surface area contributed by atoms with Gasteiger partial charge >= 0.3 is 0 Å². The Morgan fingerprint density at radius 2 is 1.86 bits per heavy atom. The van der Waals surface area contributed by atoms with Crippen molar-refractivity contribution in [2.75, 3.05) is 13.7 Å². The number of rotatable bonds is 7. The lowest BCUT2D eigenvalue weighted by molar-refractivity contribution is 0.284. The van der Waals surface area contributed by atoms with Gasteiger partial charge < -0.3 is 14.8 Å². The fraction of sp³-hybridized carbons (Fsp3) is 0.294. The lowest BCUT2D eigenvalue weighted by Crippen LogP contribution is -2.12. The second-order valence-electron chi connectivity index (χ2n) is 4.65. The van der Waals surface area contributed by atoms with E-state index in [-0.39, 0.29) is 0 Å². The molecule has 0 saturated carbocycles. The SMILES string of the molecule is CCNCc1cc(OC)c(OCc2ccccc2)cc1Cl. The molecule has 0 aromatic heterocycles. The maximum absolute atomic E-state index is 6.30. The van der Waals surface area contributed by atoms with Crippen molar-refractivity contribution in [1.82, 2.24) is 5.32 Å². The van der Waals surface area contributed by atoms with Gasteiger partial charge in [0.05, 0.1) is 7.11 Å². The lowest BCUT2D eigenvalue weighted by Gasteiger charge is -2.14. The smallest absolute Gasteiger partial charge is 0.163 e. The van der Waals surface area contributed by atoms with E-state index in [2.05, 4.69) is 12.2 Å². The Bertz CT molecular complexity index is 573. The zero-order chi connectivity index (χ0) is 15.1. The van der Waals surface area contributed by atoms with Crippen LogP contribution in [-0.2, 0) is 13.2 Å². The number of methoxy groups -OCH3 is 1. The Morgan fingerprint density at radius 3 is 2.52 bits per heavy atom. The summed E-state index contributed by atoms with van der Waals surface area (Å²) in [5.74, 6) is 1.36. The molecule has 4 heteroatoms. The second-order valence-corrected chi connectivity index (χ2v) is 5.06. The molecule has 0 bridgehead atoms. The van der Waals surface area contributed by atoms with Gasteiger partial charge in [0.1, 0.15) is 6.61 Å². The van der Waals surface area contributed by atoms with E-state index in [9.17, 15) is 0 Å². The molecule has 0 amide bonds. The monoisotopic (exact) mass is 305 g/mol. The quantitative estimate of drug-likeness (QED) is 0.837. The van der Waals surface area contributed by atoms with Gasteiger partial charge in [-0.2, -0.15) is 0 Å². The first kappa shape index (κ1) is 15.7. The topological polar surface area (TPSA) is 30.5 Å². The minimum atomic E-state index is 0.486. The molecule has 0 aliphatic heterocycles. The molecule has 3 nitrogen and oxygen atoms in total. The average Bonchev–Trinajstić information content (AvgIpc) is 2.53. The Morgan fingerprint density at radius 1 is 1.10 bits per heavy atom. The molecule has 0 atom stereocenters. The van der Waals surface area contributed by atoms with E-state index < -0.39 is 0 Å². The van der Waals surface area contributed by atoms with Gasteiger partial charge in [-0.15, -0.1) is 0 Å². The maximum atomic E-state index is 6.30. The summed E-state index contributed by atoms with van der Waals surface area (Å²) in [6.07, 6.45) is 0. The predicted molar refractivity (Wildman–Crippen MR) is 86.2 cm³/mol. The molecule has 112 valence electrons. The predicted octanol–water partition coefficient (Wildman–Crippen LogP) is 4.04. The molecule has 2 aromatic carbocycles. The highest BCUT2D eigenvalue weighted by Gasteiger charge is 2.10. The van der Waals surface area contributed by atoms with Crippen LogP contribution in [-0.4, -0.2) is 13.7 Å². The molecular weight excluding hydrogens is 286 g/mol. The largest absolute Gasteiger partial charge is 0.493 e. The highest BCUT2D eigenvalue weighted by molar-refractivity contribution is 6.31. The fourth-order valence-corrected chi connectivity index (χ4v) is 2.20. The Balaban J connectivity index is 2.13. The number of hydrogen-bond acceptors (Lipinski definition) is 3. The molecule has 0 aliphatic carbocycles. The first-order valence-corrected chi connectivity index (χ1v) is 7.36. The van der Waals surface area contributed by atoms with E-state index in [0.717, 1.165) is 17.7 Å². The minimum absolute atomic E-state index is 0.486. The van der Waals surface area contributed by atoms with Crippen LogP contribution in [0.5, 0.6) is 11.5 Å². The van der Waals surface area contributed by atoms with Gasteiger partial charge in [-0.05, 0) is 23.7 Å². The van der Waals surface area contributed by atoms with Crippen LogP contribution in [0.2, 0.25) is 5.02 Å². The van der Waals surface area contributed by atoms with Crippen molar-refractivity contribution in [3.63, 3.8) is 0 Å². The van der Waals surface area contributed by atoms with Crippen molar-refractivity contribution in [2.24, 2.45) is 0 Å². The van der Waals surface area contributed by atoms with Crippen LogP contribution >= 0.6 is 11.6 Å². The third kappa shape index (κ3) is 4.38. The molecular formula is C17H20ClNO2. The second kappa shape index (κ2) is 7.91.